The van der Waals surface area contributed by atoms with E-state index in [2.05, 4.69) is 18.0 Å². The molecule has 0 saturated carbocycles. The number of amides is 1. The molecule has 1 aliphatic rings. The van der Waals surface area contributed by atoms with Crippen LogP contribution in [-0.2, 0) is 4.79 Å². The van der Waals surface area contributed by atoms with Crippen molar-refractivity contribution in [3.8, 4) is 0 Å². The third kappa shape index (κ3) is 2.47. The molecule has 4 nitrogen and oxygen atoms in total. The predicted molar refractivity (Wildman–Crippen MR) is 72.7 cm³/mol. The Morgan fingerprint density at radius 1 is 1.44 bits per heavy atom. The van der Waals surface area contributed by atoms with E-state index in [1.807, 2.05) is 30.1 Å². The first-order valence-corrected chi connectivity index (χ1v) is 6.48. The Morgan fingerprint density at radius 3 is 2.83 bits per heavy atom. The lowest BCUT2D eigenvalue weighted by Gasteiger charge is -2.33. The average molecular weight is 247 g/mol. The lowest BCUT2D eigenvalue weighted by molar-refractivity contribution is -0.121. The summed E-state index contributed by atoms with van der Waals surface area (Å²) < 4.78 is 0. The molecule has 0 aliphatic carbocycles. The molecule has 1 fully saturated rings. The molecule has 2 heterocycles. The van der Waals surface area contributed by atoms with E-state index < -0.39 is 0 Å². The first-order valence-electron chi connectivity index (χ1n) is 6.48. The Bertz CT molecular complexity index is 431. The second kappa shape index (κ2) is 5.38. The van der Waals surface area contributed by atoms with Gasteiger partial charge in [-0.15, -0.1) is 0 Å². The molecule has 0 aromatic carbocycles. The van der Waals surface area contributed by atoms with Crippen LogP contribution in [0.15, 0.2) is 12.3 Å². The number of rotatable bonds is 3. The van der Waals surface area contributed by atoms with Gasteiger partial charge in [0, 0.05) is 26.8 Å². The van der Waals surface area contributed by atoms with Gasteiger partial charge in [0.2, 0.25) is 6.41 Å². The van der Waals surface area contributed by atoms with Crippen molar-refractivity contribution in [1.82, 2.24) is 9.88 Å². The van der Waals surface area contributed by atoms with Crippen LogP contribution in [0.25, 0.3) is 0 Å². The van der Waals surface area contributed by atoms with Gasteiger partial charge in [-0.05, 0) is 43.4 Å². The standard InChI is InChI=1S/C14H21N3O/c1-11-8-12(9-15-14(11)16(2)3)13-6-4-5-7-17(13)10-18/h8-10,13H,4-7H2,1-3H3/t13-/m0/s1. The number of piperidine rings is 1. The second-order valence-electron chi connectivity index (χ2n) is 5.16. The van der Waals surface area contributed by atoms with Gasteiger partial charge < -0.3 is 9.80 Å². The maximum atomic E-state index is 11.1. The molecule has 1 amide bonds. The van der Waals surface area contributed by atoms with Crippen molar-refractivity contribution in [1.29, 1.82) is 0 Å². The summed E-state index contributed by atoms with van der Waals surface area (Å²) in [7, 11) is 3.99. The van der Waals surface area contributed by atoms with E-state index in [0.29, 0.717) is 0 Å². The summed E-state index contributed by atoms with van der Waals surface area (Å²) in [5, 5.41) is 0. The average Bonchev–Trinajstić information content (AvgIpc) is 2.38. The summed E-state index contributed by atoms with van der Waals surface area (Å²) in [6, 6.07) is 2.37. The number of likely N-dealkylation sites (tertiary alicyclic amines) is 1. The topological polar surface area (TPSA) is 36.4 Å². The fraction of sp³-hybridized carbons (Fsp3) is 0.571. The molecule has 1 aliphatic heterocycles. The highest BCUT2D eigenvalue weighted by Gasteiger charge is 2.23. The Balaban J connectivity index is 2.27. The number of pyridine rings is 1. The maximum absolute atomic E-state index is 11.1. The molecule has 98 valence electrons. The Kier molecular flexibility index (Phi) is 3.84. The van der Waals surface area contributed by atoms with Crippen molar-refractivity contribution in [3.63, 3.8) is 0 Å². The lowest BCUT2D eigenvalue weighted by atomic mass is 9.96. The van der Waals surface area contributed by atoms with Gasteiger partial charge in [-0.25, -0.2) is 4.98 Å². The van der Waals surface area contributed by atoms with Crippen LogP contribution in [0.2, 0.25) is 0 Å². The molecular formula is C14H21N3O. The molecule has 0 bridgehead atoms. The van der Waals surface area contributed by atoms with Gasteiger partial charge in [0.05, 0.1) is 6.04 Å². The van der Waals surface area contributed by atoms with Crippen LogP contribution in [0, 0.1) is 6.92 Å². The summed E-state index contributed by atoms with van der Waals surface area (Å²) in [5.74, 6) is 0.993. The number of carbonyl (C=O) groups is 1. The Labute approximate surface area is 109 Å². The van der Waals surface area contributed by atoms with E-state index in [4.69, 9.17) is 0 Å². The van der Waals surface area contributed by atoms with Gasteiger partial charge in [0.25, 0.3) is 0 Å². The SMILES string of the molecule is Cc1cc([C@@H]2CCCCN2C=O)cnc1N(C)C. The van der Waals surface area contributed by atoms with Crippen LogP contribution in [0.3, 0.4) is 0 Å². The number of carbonyl (C=O) groups excluding carboxylic acids is 1. The number of hydrogen-bond donors (Lipinski definition) is 0. The molecular weight excluding hydrogens is 226 g/mol. The van der Waals surface area contributed by atoms with Gasteiger partial charge in [-0.3, -0.25) is 4.79 Å². The summed E-state index contributed by atoms with van der Waals surface area (Å²) >= 11 is 0. The van der Waals surface area contributed by atoms with Crippen molar-refractivity contribution >= 4 is 12.2 Å². The summed E-state index contributed by atoms with van der Waals surface area (Å²) in [5.41, 5.74) is 2.32. The monoisotopic (exact) mass is 247 g/mol. The summed E-state index contributed by atoms with van der Waals surface area (Å²) in [6.07, 6.45) is 6.22. The molecule has 1 aromatic heterocycles. The quantitative estimate of drug-likeness (QED) is 0.768. The minimum absolute atomic E-state index is 0.207. The number of hydrogen-bond acceptors (Lipinski definition) is 3. The van der Waals surface area contributed by atoms with Crippen molar-refractivity contribution in [2.24, 2.45) is 0 Å². The Hall–Kier alpha value is -1.58. The third-order valence-electron chi connectivity index (χ3n) is 3.56. The van der Waals surface area contributed by atoms with Crippen LogP contribution >= 0.6 is 0 Å². The number of aromatic nitrogens is 1. The second-order valence-corrected chi connectivity index (χ2v) is 5.16. The molecule has 0 unspecified atom stereocenters. The van der Waals surface area contributed by atoms with Crippen LogP contribution in [-0.4, -0.2) is 36.9 Å². The van der Waals surface area contributed by atoms with Crippen LogP contribution < -0.4 is 4.90 Å². The fourth-order valence-electron chi connectivity index (χ4n) is 2.68. The zero-order chi connectivity index (χ0) is 13.1. The van der Waals surface area contributed by atoms with Crippen LogP contribution in [0.4, 0.5) is 5.82 Å². The molecule has 0 spiro atoms. The van der Waals surface area contributed by atoms with Crippen LogP contribution in [0.1, 0.15) is 36.4 Å². The van der Waals surface area contributed by atoms with Crippen molar-refractivity contribution in [2.75, 3.05) is 25.5 Å². The first-order chi connectivity index (χ1) is 8.63. The highest BCUT2D eigenvalue weighted by molar-refractivity contribution is 5.51. The highest BCUT2D eigenvalue weighted by atomic mass is 16.1. The normalized spacial score (nSPS) is 19.7. The van der Waals surface area contributed by atoms with Crippen molar-refractivity contribution < 1.29 is 4.79 Å². The van der Waals surface area contributed by atoms with E-state index in [1.54, 1.807) is 0 Å². The van der Waals surface area contributed by atoms with Gasteiger partial charge in [-0.1, -0.05) is 0 Å². The number of aryl methyl sites for hydroxylation is 1. The van der Waals surface area contributed by atoms with E-state index in [1.165, 1.54) is 6.42 Å². The molecule has 4 heteroatoms. The zero-order valence-corrected chi connectivity index (χ0v) is 11.4. The first kappa shape index (κ1) is 12.9. The van der Waals surface area contributed by atoms with Gasteiger partial charge in [0.15, 0.2) is 0 Å². The number of anilines is 1. The highest BCUT2D eigenvalue weighted by Crippen LogP contribution is 2.30. The number of nitrogens with zero attached hydrogens (tertiary/aromatic N) is 3. The van der Waals surface area contributed by atoms with Gasteiger partial charge >= 0.3 is 0 Å². The smallest absolute Gasteiger partial charge is 0.210 e. The molecule has 0 N–H and O–H groups in total. The molecule has 1 saturated heterocycles. The Morgan fingerprint density at radius 2 is 2.22 bits per heavy atom. The minimum Gasteiger partial charge on any atom is -0.363 e. The van der Waals surface area contributed by atoms with Crippen molar-refractivity contribution in [3.05, 3.63) is 23.4 Å². The summed E-state index contributed by atoms with van der Waals surface area (Å²) in [4.78, 5) is 19.5. The van der Waals surface area contributed by atoms with Crippen molar-refractivity contribution in [2.45, 2.75) is 32.2 Å². The molecule has 1 atom stereocenters. The zero-order valence-electron chi connectivity index (χ0n) is 11.4. The predicted octanol–water partition coefficient (Wildman–Crippen LogP) is 2.14. The fourth-order valence-corrected chi connectivity index (χ4v) is 2.68. The van der Waals surface area contributed by atoms with Crippen LogP contribution in [0.5, 0.6) is 0 Å². The van der Waals surface area contributed by atoms with E-state index in [-0.39, 0.29) is 6.04 Å². The largest absolute Gasteiger partial charge is 0.363 e. The molecule has 0 radical (unpaired) electrons. The maximum Gasteiger partial charge on any atom is 0.210 e. The van der Waals surface area contributed by atoms with Gasteiger partial charge in [-0.2, -0.15) is 0 Å². The van der Waals surface area contributed by atoms with E-state index in [0.717, 1.165) is 42.7 Å². The lowest BCUT2D eigenvalue weighted by Crippen LogP contribution is -2.32. The van der Waals surface area contributed by atoms with E-state index >= 15 is 0 Å². The third-order valence-corrected chi connectivity index (χ3v) is 3.56. The van der Waals surface area contributed by atoms with Gasteiger partial charge in [0.1, 0.15) is 5.82 Å². The summed E-state index contributed by atoms with van der Waals surface area (Å²) in [6.45, 7) is 2.93. The minimum atomic E-state index is 0.207. The molecule has 18 heavy (non-hydrogen) atoms. The molecule has 1 aromatic rings. The van der Waals surface area contributed by atoms with E-state index in [9.17, 15) is 4.79 Å². The molecule has 2 rings (SSSR count).